The lowest BCUT2D eigenvalue weighted by Gasteiger charge is -2.19. The number of carboxylic acid groups (broad SMARTS) is 1. The molecule has 0 saturated carbocycles. The minimum absolute atomic E-state index is 0.0525. The summed E-state index contributed by atoms with van der Waals surface area (Å²) in [6.07, 6.45) is -1.33. The number of anilines is 1. The molecule has 9 heteroatoms. The summed E-state index contributed by atoms with van der Waals surface area (Å²) in [6, 6.07) is 18.6. The molecule has 0 aliphatic heterocycles. The van der Waals surface area contributed by atoms with Crippen molar-refractivity contribution in [3.63, 3.8) is 0 Å². The number of benzene rings is 3. The van der Waals surface area contributed by atoms with E-state index in [1.165, 1.54) is 18.2 Å². The van der Waals surface area contributed by atoms with E-state index in [9.17, 15) is 19.5 Å². The lowest BCUT2D eigenvalue weighted by molar-refractivity contribution is -0.137. The largest absolute Gasteiger partial charge is 0.508 e. The van der Waals surface area contributed by atoms with Crippen LogP contribution in [-0.2, 0) is 14.3 Å². The van der Waals surface area contributed by atoms with Crippen molar-refractivity contribution in [1.82, 2.24) is 5.32 Å². The molecule has 0 bridgehead atoms. The second-order valence-corrected chi connectivity index (χ2v) is 8.52. The first-order valence-corrected chi connectivity index (χ1v) is 11.3. The summed E-state index contributed by atoms with van der Waals surface area (Å²) >= 11 is 6.04. The summed E-state index contributed by atoms with van der Waals surface area (Å²) < 4.78 is 5.48. The van der Waals surface area contributed by atoms with Crippen LogP contribution in [0, 0.1) is 0 Å². The van der Waals surface area contributed by atoms with Gasteiger partial charge in [-0.15, -0.1) is 0 Å². The predicted octanol–water partition coefficient (Wildman–Crippen LogP) is 4.76. The molecule has 1 atom stereocenters. The van der Waals surface area contributed by atoms with Crippen LogP contribution in [0.3, 0.4) is 0 Å². The molecular weight excluding hydrogens is 472 g/mol. The lowest BCUT2D eigenvalue weighted by Crippen LogP contribution is -2.44. The second kappa shape index (κ2) is 10.5. The molecule has 3 aromatic rings. The molecule has 1 aliphatic carbocycles. The Bertz CT molecular complexity index is 1230. The maximum atomic E-state index is 12.8. The highest BCUT2D eigenvalue weighted by Gasteiger charge is 2.30. The standard InChI is InChI=1S/C26H23ClN2O6/c27-21-13-15(30)9-10-22(21)28-25(33)23(11-12-24(31)32)29-26(34)35-14-20-18-7-3-1-5-16(18)17-6-2-4-8-19(17)20/h1-10,13,20,23,30H,11-12,14H2,(H,28,33)(H,29,34)(H,31,32). The SMILES string of the molecule is O=C(O)CCC(NC(=O)OCC1c2ccccc2-c2ccccc21)C(=O)Nc1ccc(O)cc1Cl. The van der Waals surface area contributed by atoms with Crippen LogP contribution in [0.1, 0.15) is 29.9 Å². The van der Waals surface area contributed by atoms with Crippen molar-refractivity contribution >= 4 is 35.3 Å². The molecule has 0 aromatic heterocycles. The van der Waals surface area contributed by atoms with Gasteiger partial charge >= 0.3 is 12.1 Å². The van der Waals surface area contributed by atoms with Gasteiger partial charge < -0.3 is 25.6 Å². The number of hydrogen-bond donors (Lipinski definition) is 4. The first-order valence-electron chi connectivity index (χ1n) is 11.0. The number of carbonyl (C=O) groups excluding carboxylic acids is 2. The monoisotopic (exact) mass is 494 g/mol. The zero-order chi connectivity index (χ0) is 24.9. The van der Waals surface area contributed by atoms with Gasteiger partial charge in [-0.1, -0.05) is 60.1 Å². The number of amides is 2. The fourth-order valence-corrected chi connectivity index (χ4v) is 4.37. The Labute approximate surface area is 206 Å². The first-order chi connectivity index (χ1) is 16.8. The van der Waals surface area contributed by atoms with Gasteiger partial charge in [-0.3, -0.25) is 9.59 Å². The van der Waals surface area contributed by atoms with E-state index in [0.717, 1.165) is 22.3 Å². The van der Waals surface area contributed by atoms with E-state index < -0.39 is 24.0 Å². The number of fused-ring (bicyclic) bond motifs is 3. The Hall–Kier alpha value is -4.04. The lowest BCUT2D eigenvalue weighted by atomic mass is 9.98. The maximum absolute atomic E-state index is 12.8. The van der Waals surface area contributed by atoms with E-state index >= 15 is 0 Å². The number of nitrogens with one attached hydrogen (secondary N) is 2. The summed E-state index contributed by atoms with van der Waals surface area (Å²) in [5.41, 5.74) is 4.47. The molecule has 1 aliphatic rings. The Kier molecular flexibility index (Phi) is 7.22. The van der Waals surface area contributed by atoms with Crippen molar-refractivity contribution in [1.29, 1.82) is 0 Å². The van der Waals surface area contributed by atoms with Gasteiger partial charge in [0.25, 0.3) is 0 Å². The quantitative estimate of drug-likeness (QED) is 0.335. The molecule has 180 valence electrons. The van der Waals surface area contributed by atoms with E-state index in [1.54, 1.807) is 0 Å². The van der Waals surface area contributed by atoms with Crippen molar-refractivity contribution < 1.29 is 29.3 Å². The number of hydrogen-bond acceptors (Lipinski definition) is 5. The van der Waals surface area contributed by atoms with Gasteiger partial charge in [0.2, 0.25) is 5.91 Å². The van der Waals surface area contributed by atoms with Gasteiger partial charge in [0.15, 0.2) is 0 Å². The summed E-state index contributed by atoms with van der Waals surface area (Å²) in [6.45, 7) is 0.0525. The average Bonchev–Trinajstić information content (AvgIpc) is 3.15. The number of halogens is 1. The van der Waals surface area contributed by atoms with Crippen LogP contribution >= 0.6 is 11.6 Å². The number of ether oxygens (including phenoxy) is 1. The molecule has 8 nitrogen and oxygen atoms in total. The van der Waals surface area contributed by atoms with Crippen LogP contribution in [0.4, 0.5) is 10.5 Å². The molecule has 0 fully saturated rings. The molecule has 1 unspecified atom stereocenters. The number of phenolic OH excluding ortho intramolecular Hbond substituents is 1. The van der Waals surface area contributed by atoms with Crippen molar-refractivity contribution in [2.24, 2.45) is 0 Å². The van der Waals surface area contributed by atoms with Crippen LogP contribution in [0.2, 0.25) is 5.02 Å². The van der Waals surface area contributed by atoms with Crippen LogP contribution in [0.15, 0.2) is 66.7 Å². The van der Waals surface area contributed by atoms with Crippen LogP contribution in [-0.4, -0.2) is 40.8 Å². The second-order valence-electron chi connectivity index (χ2n) is 8.11. The summed E-state index contributed by atoms with van der Waals surface area (Å²) in [5.74, 6) is -2.01. The average molecular weight is 495 g/mol. The van der Waals surface area contributed by atoms with Gasteiger partial charge in [-0.25, -0.2) is 4.79 Å². The van der Waals surface area contributed by atoms with Gasteiger partial charge in [0, 0.05) is 18.4 Å². The Morgan fingerprint density at radius 1 is 0.971 bits per heavy atom. The molecule has 4 rings (SSSR count). The number of rotatable bonds is 8. The third kappa shape index (κ3) is 5.55. The molecule has 2 amide bonds. The number of carboxylic acids is 1. The summed E-state index contributed by atoms with van der Waals surface area (Å²) in [7, 11) is 0. The van der Waals surface area contributed by atoms with Crippen LogP contribution < -0.4 is 10.6 Å². The third-order valence-electron chi connectivity index (χ3n) is 5.81. The van der Waals surface area contributed by atoms with Crippen molar-refractivity contribution in [2.75, 3.05) is 11.9 Å². The fraction of sp³-hybridized carbons (Fsp3) is 0.192. The number of carbonyl (C=O) groups is 3. The highest BCUT2D eigenvalue weighted by molar-refractivity contribution is 6.33. The number of aromatic hydroxyl groups is 1. The van der Waals surface area contributed by atoms with Crippen LogP contribution in [0.25, 0.3) is 11.1 Å². The zero-order valence-electron chi connectivity index (χ0n) is 18.5. The number of alkyl carbamates (subject to hydrolysis) is 1. The highest BCUT2D eigenvalue weighted by Crippen LogP contribution is 2.44. The van der Waals surface area contributed by atoms with Gasteiger partial charge in [-0.05, 0) is 40.8 Å². The Morgan fingerprint density at radius 2 is 1.60 bits per heavy atom. The summed E-state index contributed by atoms with van der Waals surface area (Å²) in [5, 5.41) is 23.6. The molecule has 0 radical (unpaired) electrons. The van der Waals surface area contributed by atoms with Crippen molar-refractivity contribution in [3.8, 4) is 16.9 Å². The van der Waals surface area contributed by atoms with E-state index in [4.69, 9.17) is 21.4 Å². The molecule has 0 spiro atoms. The van der Waals surface area contributed by atoms with Gasteiger partial charge in [0.1, 0.15) is 18.4 Å². The first kappa shape index (κ1) is 24.1. The number of phenols is 1. The van der Waals surface area contributed by atoms with E-state index in [1.807, 2.05) is 48.5 Å². The molecule has 3 aromatic carbocycles. The van der Waals surface area contributed by atoms with Gasteiger partial charge in [-0.2, -0.15) is 0 Å². The van der Waals surface area contributed by atoms with Crippen molar-refractivity contribution in [3.05, 3.63) is 82.9 Å². The molecule has 0 saturated heterocycles. The molecule has 4 N–H and O–H groups in total. The topological polar surface area (TPSA) is 125 Å². The molecule has 35 heavy (non-hydrogen) atoms. The molecular formula is C26H23ClN2O6. The number of aliphatic carboxylic acids is 1. The highest BCUT2D eigenvalue weighted by atomic mass is 35.5. The fourth-order valence-electron chi connectivity index (χ4n) is 4.14. The van der Waals surface area contributed by atoms with Crippen LogP contribution in [0.5, 0.6) is 5.75 Å². The Morgan fingerprint density at radius 3 is 2.20 bits per heavy atom. The van der Waals surface area contributed by atoms with Gasteiger partial charge in [0.05, 0.1) is 10.7 Å². The summed E-state index contributed by atoms with van der Waals surface area (Å²) in [4.78, 5) is 36.5. The minimum atomic E-state index is -1.17. The Balaban J connectivity index is 1.43. The normalized spacial score (nSPS) is 12.8. The van der Waals surface area contributed by atoms with E-state index in [-0.39, 0.29) is 41.8 Å². The van der Waals surface area contributed by atoms with E-state index in [2.05, 4.69) is 10.6 Å². The zero-order valence-corrected chi connectivity index (χ0v) is 19.3. The van der Waals surface area contributed by atoms with Crippen molar-refractivity contribution in [2.45, 2.75) is 24.8 Å². The maximum Gasteiger partial charge on any atom is 0.407 e. The predicted molar refractivity (Wildman–Crippen MR) is 131 cm³/mol. The third-order valence-corrected chi connectivity index (χ3v) is 6.12. The smallest absolute Gasteiger partial charge is 0.407 e. The minimum Gasteiger partial charge on any atom is -0.508 e. The van der Waals surface area contributed by atoms with E-state index in [0.29, 0.717) is 0 Å². The molecule has 0 heterocycles.